The maximum absolute atomic E-state index is 6.05. The molecular weight excluding hydrogens is 244 g/mol. The molecule has 4 fully saturated rings. The maximum atomic E-state index is 6.05. The van der Waals surface area contributed by atoms with Gasteiger partial charge in [0, 0.05) is 18.4 Å². The minimum atomic E-state index is 0.365. The Labute approximate surface area is 114 Å². The number of ether oxygens (including phenoxy) is 4. The Hall–Kier alpha value is -0.160. The summed E-state index contributed by atoms with van der Waals surface area (Å²) in [4.78, 5) is 0. The first-order valence-corrected chi connectivity index (χ1v) is 7.82. The van der Waals surface area contributed by atoms with Crippen molar-refractivity contribution in [3.63, 3.8) is 0 Å². The van der Waals surface area contributed by atoms with Crippen LogP contribution in [0.25, 0.3) is 0 Å². The van der Waals surface area contributed by atoms with Gasteiger partial charge in [0.25, 0.3) is 0 Å². The first-order valence-electron chi connectivity index (χ1n) is 7.82. The molecule has 0 N–H and O–H groups in total. The lowest BCUT2D eigenvalue weighted by molar-refractivity contribution is 0.0206. The third kappa shape index (κ3) is 2.97. The van der Waals surface area contributed by atoms with Gasteiger partial charge in [0.15, 0.2) is 0 Å². The average Bonchev–Trinajstić information content (AvgIpc) is 3.33. The Balaban J connectivity index is 1.25. The van der Waals surface area contributed by atoms with Gasteiger partial charge < -0.3 is 18.9 Å². The maximum Gasteiger partial charge on any atom is 0.104 e. The van der Waals surface area contributed by atoms with E-state index in [2.05, 4.69) is 0 Å². The first kappa shape index (κ1) is 12.6. The fourth-order valence-corrected chi connectivity index (χ4v) is 3.49. The zero-order valence-corrected chi connectivity index (χ0v) is 11.5. The van der Waals surface area contributed by atoms with Gasteiger partial charge in [0.2, 0.25) is 0 Å². The summed E-state index contributed by atoms with van der Waals surface area (Å²) in [5, 5.41) is 0. The van der Waals surface area contributed by atoms with Crippen LogP contribution in [-0.4, -0.2) is 51.3 Å². The zero-order valence-electron chi connectivity index (χ0n) is 11.5. The van der Waals surface area contributed by atoms with Gasteiger partial charge in [-0.15, -0.1) is 0 Å². The van der Waals surface area contributed by atoms with E-state index in [0.717, 1.165) is 39.0 Å². The summed E-state index contributed by atoms with van der Waals surface area (Å²) >= 11 is 0. The minimum absolute atomic E-state index is 0.365. The van der Waals surface area contributed by atoms with Crippen molar-refractivity contribution in [2.75, 3.05) is 33.0 Å². The number of rotatable bonds is 8. The molecular formula is C15H24O4. The van der Waals surface area contributed by atoms with Crippen LogP contribution < -0.4 is 0 Å². The minimum Gasteiger partial charge on any atom is -0.381 e. The molecule has 3 saturated heterocycles. The highest BCUT2D eigenvalue weighted by Crippen LogP contribution is 2.44. The van der Waals surface area contributed by atoms with E-state index in [4.69, 9.17) is 18.9 Å². The third-order valence-electron chi connectivity index (χ3n) is 4.97. The van der Waals surface area contributed by atoms with E-state index in [1.165, 1.54) is 25.7 Å². The molecule has 108 valence electrons. The molecule has 19 heavy (non-hydrogen) atoms. The van der Waals surface area contributed by atoms with Crippen molar-refractivity contribution < 1.29 is 18.9 Å². The summed E-state index contributed by atoms with van der Waals surface area (Å²) in [6, 6.07) is 0. The Morgan fingerprint density at radius 3 is 2.00 bits per heavy atom. The second-order valence-electron chi connectivity index (χ2n) is 6.59. The molecule has 5 unspecified atom stereocenters. The van der Waals surface area contributed by atoms with Gasteiger partial charge in [0.1, 0.15) is 6.10 Å². The van der Waals surface area contributed by atoms with Crippen LogP contribution in [0, 0.1) is 17.8 Å². The topological polar surface area (TPSA) is 40.2 Å². The third-order valence-corrected chi connectivity index (χ3v) is 4.97. The van der Waals surface area contributed by atoms with E-state index in [-0.39, 0.29) is 0 Å². The van der Waals surface area contributed by atoms with E-state index in [0.29, 0.717) is 30.1 Å². The summed E-state index contributed by atoms with van der Waals surface area (Å²) in [7, 11) is 0. The lowest BCUT2D eigenvalue weighted by Gasteiger charge is -2.27. The van der Waals surface area contributed by atoms with Crippen LogP contribution in [0.3, 0.4) is 0 Å². The molecule has 5 atom stereocenters. The summed E-state index contributed by atoms with van der Waals surface area (Å²) in [5.74, 6) is 1.94. The van der Waals surface area contributed by atoms with Gasteiger partial charge in [-0.3, -0.25) is 0 Å². The van der Waals surface area contributed by atoms with Crippen molar-refractivity contribution in [3.8, 4) is 0 Å². The fourth-order valence-electron chi connectivity index (χ4n) is 3.49. The van der Waals surface area contributed by atoms with Crippen molar-refractivity contribution in [3.05, 3.63) is 0 Å². The van der Waals surface area contributed by atoms with Crippen LogP contribution >= 0.6 is 0 Å². The molecule has 1 aliphatic carbocycles. The van der Waals surface area contributed by atoms with Crippen molar-refractivity contribution in [1.82, 2.24) is 0 Å². The largest absolute Gasteiger partial charge is 0.381 e. The van der Waals surface area contributed by atoms with E-state index in [1.54, 1.807) is 0 Å². The lowest BCUT2D eigenvalue weighted by atomic mass is 9.80. The summed E-state index contributed by atoms with van der Waals surface area (Å²) in [5.41, 5.74) is 0. The number of epoxide rings is 1. The van der Waals surface area contributed by atoms with Gasteiger partial charge in [0.05, 0.1) is 38.6 Å². The molecule has 4 rings (SSSR count). The van der Waals surface area contributed by atoms with E-state index in [1.807, 2.05) is 0 Å². The van der Waals surface area contributed by atoms with E-state index >= 15 is 0 Å². The zero-order chi connectivity index (χ0) is 12.7. The molecule has 0 radical (unpaired) electrons. The van der Waals surface area contributed by atoms with Gasteiger partial charge in [-0.1, -0.05) is 0 Å². The molecule has 2 bridgehead atoms. The van der Waals surface area contributed by atoms with Gasteiger partial charge in [-0.25, -0.2) is 0 Å². The molecule has 4 aliphatic rings. The van der Waals surface area contributed by atoms with E-state index in [9.17, 15) is 0 Å². The molecule has 4 heteroatoms. The number of fused-ring (bicyclic) bond motifs is 2. The highest BCUT2D eigenvalue weighted by molar-refractivity contribution is 4.96. The SMILES string of the molecule is C1CC1COCC1C2CCC(O2)C1COCC1CO1. The van der Waals surface area contributed by atoms with Crippen molar-refractivity contribution in [2.45, 2.75) is 44.0 Å². The molecule has 3 heterocycles. The van der Waals surface area contributed by atoms with Crippen molar-refractivity contribution in [1.29, 1.82) is 0 Å². The van der Waals surface area contributed by atoms with Crippen molar-refractivity contribution >= 4 is 0 Å². The summed E-state index contributed by atoms with van der Waals surface area (Å²) in [6.07, 6.45) is 6.35. The standard InChI is InChI=1S/C15H24O4/c1-2-10(1)5-16-8-12-13(9-17-6-11-7-18-11)15-4-3-14(12)19-15/h10-15H,1-9H2. The summed E-state index contributed by atoms with van der Waals surface area (Å²) < 4.78 is 22.9. The molecule has 4 nitrogen and oxygen atoms in total. The average molecular weight is 268 g/mol. The van der Waals surface area contributed by atoms with Gasteiger partial charge in [-0.2, -0.15) is 0 Å². The predicted molar refractivity (Wildman–Crippen MR) is 69.0 cm³/mol. The van der Waals surface area contributed by atoms with Crippen LogP contribution in [-0.2, 0) is 18.9 Å². The van der Waals surface area contributed by atoms with E-state index < -0.39 is 0 Å². The highest BCUT2D eigenvalue weighted by Gasteiger charge is 2.49. The number of hydrogen-bond donors (Lipinski definition) is 0. The van der Waals surface area contributed by atoms with Crippen LogP contribution in [0.1, 0.15) is 25.7 Å². The second kappa shape index (κ2) is 5.32. The Morgan fingerprint density at radius 2 is 1.42 bits per heavy atom. The Bertz CT molecular complexity index is 283. The van der Waals surface area contributed by atoms with Crippen LogP contribution in [0.5, 0.6) is 0 Å². The monoisotopic (exact) mass is 268 g/mol. The van der Waals surface area contributed by atoms with Crippen LogP contribution in [0.4, 0.5) is 0 Å². The Kier molecular flexibility index (Phi) is 3.52. The van der Waals surface area contributed by atoms with Crippen LogP contribution in [0.15, 0.2) is 0 Å². The molecule has 0 aromatic carbocycles. The second-order valence-corrected chi connectivity index (χ2v) is 6.59. The quantitative estimate of drug-likeness (QED) is 0.627. The molecule has 0 aromatic heterocycles. The predicted octanol–water partition coefficient (Wildman–Crippen LogP) is 1.62. The molecule has 1 saturated carbocycles. The smallest absolute Gasteiger partial charge is 0.104 e. The highest BCUT2D eigenvalue weighted by atomic mass is 16.6. The van der Waals surface area contributed by atoms with Crippen molar-refractivity contribution in [2.24, 2.45) is 17.8 Å². The fraction of sp³-hybridized carbons (Fsp3) is 1.00. The van der Waals surface area contributed by atoms with Gasteiger partial charge >= 0.3 is 0 Å². The Morgan fingerprint density at radius 1 is 0.789 bits per heavy atom. The first-order chi connectivity index (χ1) is 9.40. The lowest BCUT2D eigenvalue weighted by Crippen LogP contribution is -2.34. The van der Waals surface area contributed by atoms with Crippen LogP contribution in [0.2, 0.25) is 0 Å². The molecule has 0 spiro atoms. The molecule has 3 aliphatic heterocycles. The number of hydrogen-bond acceptors (Lipinski definition) is 4. The summed E-state index contributed by atoms with van der Waals surface area (Å²) in [6.45, 7) is 4.27. The normalized spacial score (nSPS) is 43.9. The van der Waals surface area contributed by atoms with Gasteiger partial charge in [-0.05, 0) is 31.6 Å². The molecule has 0 aromatic rings. The molecule has 0 amide bonds.